The van der Waals surface area contributed by atoms with Gasteiger partial charge in [0.2, 0.25) is 5.82 Å². The van der Waals surface area contributed by atoms with Crippen LogP contribution in [0.1, 0.15) is 0 Å². The second-order valence-electron chi connectivity index (χ2n) is 3.58. The lowest BCUT2D eigenvalue weighted by Crippen LogP contribution is -2.00. The molecule has 0 bridgehead atoms. The Balaban J connectivity index is 2.63. The summed E-state index contributed by atoms with van der Waals surface area (Å²) in [6.07, 6.45) is 1.44. The summed E-state index contributed by atoms with van der Waals surface area (Å²) in [5.74, 6) is 0.525. The molecule has 0 unspecified atom stereocenters. The maximum Gasteiger partial charge on any atom is 0.318 e. The number of hydrogen-bond acceptors (Lipinski definition) is 5. The molecular weight excluding hydrogens is 234 g/mol. The van der Waals surface area contributed by atoms with Crippen LogP contribution >= 0.6 is 0 Å². The maximum absolute atomic E-state index is 11.0. The lowest BCUT2D eigenvalue weighted by molar-refractivity contribution is -0.383. The minimum absolute atomic E-state index is 0.0969. The molecule has 0 fully saturated rings. The van der Waals surface area contributed by atoms with Crippen LogP contribution in [0.3, 0.4) is 0 Å². The predicted molar refractivity (Wildman–Crippen MR) is 67.3 cm³/mol. The summed E-state index contributed by atoms with van der Waals surface area (Å²) in [4.78, 5) is 14.2. The van der Waals surface area contributed by atoms with Gasteiger partial charge in [0.1, 0.15) is 5.75 Å². The van der Waals surface area contributed by atoms with E-state index in [1.54, 1.807) is 30.3 Å². The first-order chi connectivity index (χ1) is 8.63. The van der Waals surface area contributed by atoms with Crippen molar-refractivity contribution in [3.8, 4) is 16.9 Å². The molecule has 92 valence electrons. The van der Waals surface area contributed by atoms with Gasteiger partial charge >= 0.3 is 5.69 Å². The van der Waals surface area contributed by atoms with Crippen LogP contribution in [-0.4, -0.2) is 17.0 Å². The normalized spacial score (nSPS) is 10.1. The van der Waals surface area contributed by atoms with Gasteiger partial charge in [-0.2, -0.15) is 0 Å². The number of benzene rings is 1. The van der Waals surface area contributed by atoms with E-state index in [0.29, 0.717) is 16.9 Å². The van der Waals surface area contributed by atoms with E-state index in [0.717, 1.165) is 0 Å². The maximum atomic E-state index is 11.0. The van der Waals surface area contributed by atoms with Gasteiger partial charge in [0, 0.05) is 6.20 Å². The zero-order valence-corrected chi connectivity index (χ0v) is 9.66. The number of hydrogen-bond donors (Lipinski definition) is 1. The van der Waals surface area contributed by atoms with Gasteiger partial charge in [0.25, 0.3) is 0 Å². The second kappa shape index (κ2) is 4.70. The van der Waals surface area contributed by atoms with Gasteiger partial charge in [-0.3, -0.25) is 10.1 Å². The first-order valence-electron chi connectivity index (χ1n) is 5.16. The van der Waals surface area contributed by atoms with Crippen molar-refractivity contribution in [1.82, 2.24) is 4.98 Å². The third-order valence-corrected chi connectivity index (χ3v) is 2.52. The SMILES string of the molecule is COc1cccc(-c2ccnc(N)c2[N+](=O)[O-])c1. The fraction of sp³-hybridized carbons (Fsp3) is 0.0833. The number of rotatable bonds is 3. The summed E-state index contributed by atoms with van der Waals surface area (Å²) in [7, 11) is 1.54. The van der Waals surface area contributed by atoms with Crippen molar-refractivity contribution < 1.29 is 9.66 Å². The molecule has 2 rings (SSSR count). The Morgan fingerprint density at radius 2 is 2.17 bits per heavy atom. The molecule has 6 heteroatoms. The monoisotopic (exact) mass is 245 g/mol. The summed E-state index contributed by atoms with van der Waals surface area (Å²) in [5, 5.41) is 11.0. The molecule has 1 aromatic carbocycles. The van der Waals surface area contributed by atoms with Gasteiger partial charge in [-0.1, -0.05) is 12.1 Å². The number of nitrogens with two attached hydrogens (primary N) is 1. The molecule has 2 N–H and O–H groups in total. The molecule has 0 aliphatic rings. The number of methoxy groups -OCH3 is 1. The molecule has 0 aliphatic heterocycles. The Labute approximate surface area is 103 Å². The van der Waals surface area contributed by atoms with Crippen molar-refractivity contribution in [2.24, 2.45) is 0 Å². The number of pyridine rings is 1. The Hall–Kier alpha value is -2.63. The summed E-state index contributed by atoms with van der Waals surface area (Å²) < 4.78 is 5.09. The Kier molecular flexibility index (Phi) is 3.09. The van der Waals surface area contributed by atoms with E-state index in [1.807, 2.05) is 0 Å². The average Bonchev–Trinajstić information content (AvgIpc) is 2.38. The molecule has 1 aromatic heterocycles. The van der Waals surface area contributed by atoms with E-state index in [4.69, 9.17) is 10.5 Å². The fourth-order valence-electron chi connectivity index (χ4n) is 1.69. The number of ether oxygens (including phenoxy) is 1. The lowest BCUT2D eigenvalue weighted by Gasteiger charge is -2.06. The molecule has 0 amide bonds. The fourth-order valence-corrected chi connectivity index (χ4v) is 1.69. The minimum atomic E-state index is -0.531. The number of aromatic nitrogens is 1. The quantitative estimate of drug-likeness (QED) is 0.661. The highest BCUT2D eigenvalue weighted by atomic mass is 16.6. The first kappa shape index (κ1) is 11.8. The van der Waals surface area contributed by atoms with Crippen molar-refractivity contribution in [1.29, 1.82) is 0 Å². The largest absolute Gasteiger partial charge is 0.497 e. The van der Waals surface area contributed by atoms with Crippen LogP contribution in [-0.2, 0) is 0 Å². The number of nitrogen functional groups attached to an aromatic ring is 1. The molecule has 6 nitrogen and oxygen atoms in total. The average molecular weight is 245 g/mol. The van der Waals surface area contributed by atoms with Crippen molar-refractivity contribution in [3.05, 3.63) is 46.6 Å². The van der Waals surface area contributed by atoms with Crippen LogP contribution < -0.4 is 10.5 Å². The van der Waals surface area contributed by atoms with E-state index in [-0.39, 0.29) is 11.5 Å². The molecule has 2 aromatic rings. The summed E-state index contributed by atoms with van der Waals surface area (Å²) >= 11 is 0. The molecule has 0 saturated carbocycles. The van der Waals surface area contributed by atoms with Gasteiger partial charge < -0.3 is 10.5 Å². The minimum Gasteiger partial charge on any atom is -0.497 e. The molecular formula is C12H11N3O3. The van der Waals surface area contributed by atoms with Crippen LogP contribution in [0.5, 0.6) is 5.75 Å². The Bertz CT molecular complexity index is 599. The number of nitro groups is 1. The van der Waals surface area contributed by atoms with Crippen LogP contribution in [0.4, 0.5) is 11.5 Å². The van der Waals surface area contributed by atoms with E-state index >= 15 is 0 Å². The Morgan fingerprint density at radius 1 is 1.39 bits per heavy atom. The zero-order valence-electron chi connectivity index (χ0n) is 9.66. The number of nitrogens with zero attached hydrogens (tertiary/aromatic N) is 2. The highest BCUT2D eigenvalue weighted by molar-refractivity contribution is 5.79. The lowest BCUT2D eigenvalue weighted by atomic mass is 10.0. The molecule has 0 radical (unpaired) electrons. The van der Waals surface area contributed by atoms with E-state index in [9.17, 15) is 10.1 Å². The smallest absolute Gasteiger partial charge is 0.318 e. The summed E-state index contributed by atoms with van der Waals surface area (Å²) in [6.45, 7) is 0. The van der Waals surface area contributed by atoms with Gasteiger partial charge in [0.15, 0.2) is 0 Å². The second-order valence-corrected chi connectivity index (χ2v) is 3.58. The first-order valence-corrected chi connectivity index (χ1v) is 5.16. The van der Waals surface area contributed by atoms with Gasteiger partial charge in [-0.05, 0) is 23.8 Å². The Morgan fingerprint density at radius 3 is 2.83 bits per heavy atom. The topological polar surface area (TPSA) is 91.3 Å². The van der Waals surface area contributed by atoms with Gasteiger partial charge in [-0.15, -0.1) is 0 Å². The summed E-state index contributed by atoms with van der Waals surface area (Å²) in [6, 6.07) is 8.55. The molecule has 1 heterocycles. The third-order valence-electron chi connectivity index (χ3n) is 2.52. The molecule has 18 heavy (non-hydrogen) atoms. The molecule has 0 atom stereocenters. The number of anilines is 1. The predicted octanol–water partition coefficient (Wildman–Crippen LogP) is 2.25. The third kappa shape index (κ3) is 2.08. The van der Waals surface area contributed by atoms with E-state index < -0.39 is 4.92 Å². The van der Waals surface area contributed by atoms with Crippen LogP contribution in [0.25, 0.3) is 11.1 Å². The van der Waals surface area contributed by atoms with E-state index in [1.165, 1.54) is 13.3 Å². The van der Waals surface area contributed by atoms with Crippen LogP contribution in [0.2, 0.25) is 0 Å². The standard InChI is InChI=1S/C12H11N3O3/c1-18-9-4-2-3-8(7-9)10-5-6-14-12(13)11(10)15(16)17/h2-7H,1H3,(H2,13,14). The molecule has 0 aliphatic carbocycles. The van der Waals surface area contributed by atoms with E-state index in [2.05, 4.69) is 4.98 Å². The van der Waals surface area contributed by atoms with Crippen molar-refractivity contribution in [2.45, 2.75) is 0 Å². The summed E-state index contributed by atoms with van der Waals surface area (Å²) in [5.41, 5.74) is 6.44. The highest BCUT2D eigenvalue weighted by Crippen LogP contribution is 2.34. The van der Waals surface area contributed by atoms with Crippen LogP contribution in [0.15, 0.2) is 36.5 Å². The molecule has 0 saturated heterocycles. The van der Waals surface area contributed by atoms with Gasteiger partial charge in [0.05, 0.1) is 17.6 Å². The zero-order chi connectivity index (χ0) is 13.1. The van der Waals surface area contributed by atoms with Crippen molar-refractivity contribution in [3.63, 3.8) is 0 Å². The van der Waals surface area contributed by atoms with Gasteiger partial charge in [-0.25, -0.2) is 4.98 Å². The highest BCUT2D eigenvalue weighted by Gasteiger charge is 2.20. The molecule has 0 spiro atoms. The van der Waals surface area contributed by atoms with Crippen molar-refractivity contribution >= 4 is 11.5 Å². The van der Waals surface area contributed by atoms with Crippen LogP contribution in [0, 0.1) is 10.1 Å². The van der Waals surface area contributed by atoms with Crippen molar-refractivity contribution in [2.75, 3.05) is 12.8 Å².